The third-order valence-corrected chi connectivity index (χ3v) is 2.01. The Hall–Kier alpha value is -1.78. The number of nitrogens with zero attached hydrogens (tertiary/aromatic N) is 1. The van der Waals surface area contributed by atoms with E-state index >= 15 is 0 Å². The molecule has 0 saturated carbocycles. The lowest BCUT2D eigenvalue weighted by atomic mass is 10.1. The number of rotatable bonds is 2. The van der Waals surface area contributed by atoms with Crippen LogP contribution in [-0.2, 0) is 0 Å². The first-order chi connectivity index (χ1) is 6.74. The predicted molar refractivity (Wildman–Crippen MR) is 46.4 cm³/mol. The molecule has 3 nitrogen and oxygen atoms in total. The Balaban J connectivity index is 2.81. The van der Waals surface area contributed by atoms with E-state index in [-0.39, 0.29) is 16.6 Å². The van der Waals surface area contributed by atoms with E-state index in [0.717, 1.165) is 0 Å². The Labute approximate surface area is 77.8 Å². The largest absolute Gasteiger partial charge is 0.345 e. The fourth-order valence-electron chi connectivity index (χ4n) is 1.38. The van der Waals surface area contributed by atoms with E-state index in [1.807, 2.05) is 0 Å². The lowest BCUT2D eigenvalue weighted by Gasteiger charge is -2.03. The van der Waals surface area contributed by atoms with Crippen LogP contribution in [0.5, 0.6) is 0 Å². The van der Waals surface area contributed by atoms with E-state index in [4.69, 9.17) is 0 Å². The van der Waals surface area contributed by atoms with E-state index < -0.39 is 6.43 Å². The van der Waals surface area contributed by atoms with E-state index in [9.17, 15) is 13.6 Å². The second-order valence-electron chi connectivity index (χ2n) is 2.79. The van der Waals surface area contributed by atoms with Gasteiger partial charge in [-0.2, -0.15) is 0 Å². The molecule has 0 atom stereocenters. The SMILES string of the molecule is O=Cc1ccc2[nH]cnc2c1C(F)F. The predicted octanol–water partition coefficient (Wildman–Crippen LogP) is 2.31. The molecular weight excluding hydrogens is 190 g/mol. The fourth-order valence-corrected chi connectivity index (χ4v) is 1.38. The zero-order valence-corrected chi connectivity index (χ0v) is 7.00. The number of alkyl halides is 2. The molecule has 2 aromatic rings. The van der Waals surface area contributed by atoms with Crippen molar-refractivity contribution in [3.8, 4) is 0 Å². The number of H-pyrrole nitrogens is 1. The minimum absolute atomic E-state index is 0.0143. The van der Waals surface area contributed by atoms with Crippen LogP contribution in [0.25, 0.3) is 11.0 Å². The average Bonchev–Trinajstić information content (AvgIpc) is 2.62. The van der Waals surface area contributed by atoms with E-state index in [1.54, 1.807) is 6.07 Å². The maximum Gasteiger partial charge on any atom is 0.266 e. The van der Waals surface area contributed by atoms with Gasteiger partial charge in [0.1, 0.15) is 0 Å². The molecular formula is C9H6F2N2O. The summed E-state index contributed by atoms with van der Waals surface area (Å²) in [7, 11) is 0. The third-order valence-electron chi connectivity index (χ3n) is 2.01. The summed E-state index contributed by atoms with van der Waals surface area (Å²) in [6.07, 6.45) is -0.956. The number of hydrogen-bond acceptors (Lipinski definition) is 2. The van der Waals surface area contributed by atoms with Crippen molar-refractivity contribution in [1.82, 2.24) is 9.97 Å². The zero-order chi connectivity index (χ0) is 10.1. The highest BCUT2D eigenvalue weighted by Gasteiger charge is 2.17. The second-order valence-corrected chi connectivity index (χ2v) is 2.79. The summed E-state index contributed by atoms with van der Waals surface area (Å²) in [6.45, 7) is 0. The molecule has 0 spiro atoms. The highest BCUT2D eigenvalue weighted by atomic mass is 19.3. The van der Waals surface area contributed by atoms with E-state index in [2.05, 4.69) is 9.97 Å². The van der Waals surface area contributed by atoms with Crippen LogP contribution in [-0.4, -0.2) is 16.3 Å². The average molecular weight is 196 g/mol. The molecule has 0 aliphatic carbocycles. The molecule has 0 aliphatic heterocycles. The molecule has 1 heterocycles. The van der Waals surface area contributed by atoms with Crippen molar-refractivity contribution in [1.29, 1.82) is 0 Å². The maximum absolute atomic E-state index is 12.6. The van der Waals surface area contributed by atoms with Gasteiger partial charge in [-0.05, 0) is 12.1 Å². The first-order valence-corrected chi connectivity index (χ1v) is 3.93. The lowest BCUT2D eigenvalue weighted by Crippen LogP contribution is -1.94. The number of benzene rings is 1. The van der Waals surface area contributed by atoms with Gasteiger partial charge in [-0.25, -0.2) is 13.8 Å². The number of nitrogens with one attached hydrogen (secondary N) is 1. The summed E-state index contributed by atoms with van der Waals surface area (Å²) in [5.74, 6) is 0. The minimum atomic E-state index is -2.69. The highest BCUT2D eigenvalue weighted by molar-refractivity contribution is 5.89. The number of carbonyl (C=O) groups is 1. The molecule has 1 aromatic carbocycles. The fraction of sp³-hybridized carbons (Fsp3) is 0.111. The Morgan fingerprint density at radius 1 is 1.43 bits per heavy atom. The second kappa shape index (κ2) is 3.17. The molecule has 5 heteroatoms. The summed E-state index contributed by atoms with van der Waals surface area (Å²) < 4.78 is 25.2. The molecule has 0 amide bonds. The molecule has 1 N–H and O–H groups in total. The van der Waals surface area contributed by atoms with Crippen LogP contribution in [0.4, 0.5) is 8.78 Å². The van der Waals surface area contributed by atoms with Gasteiger partial charge in [0.15, 0.2) is 6.29 Å². The number of aromatic nitrogens is 2. The van der Waals surface area contributed by atoms with Crippen LogP contribution in [0.1, 0.15) is 22.3 Å². The summed E-state index contributed by atoms with van der Waals surface area (Å²) in [5.41, 5.74) is 0.342. The van der Waals surface area contributed by atoms with Crippen molar-refractivity contribution in [3.63, 3.8) is 0 Å². The zero-order valence-electron chi connectivity index (χ0n) is 7.00. The summed E-state index contributed by atoms with van der Waals surface area (Å²) >= 11 is 0. The van der Waals surface area contributed by atoms with Gasteiger partial charge in [-0.1, -0.05) is 0 Å². The number of hydrogen-bond donors (Lipinski definition) is 1. The molecule has 14 heavy (non-hydrogen) atoms. The monoisotopic (exact) mass is 196 g/mol. The first kappa shape index (κ1) is 8.80. The summed E-state index contributed by atoms with van der Waals surface area (Å²) in [5, 5.41) is 0. The molecule has 0 radical (unpaired) electrons. The molecule has 0 unspecified atom stereocenters. The first-order valence-electron chi connectivity index (χ1n) is 3.93. The smallest absolute Gasteiger partial charge is 0.266 e. The van der Waals surface area contributed by atoms with Crippen molar-refractivity contribution in [2.45, 2.75) is 6.43 Å². The summed E-state index contributed by atoms with van der Waals surface area (Å²) in [6, 6.07) is 2.91. The molecule has 0 fully saturated rings. The van der Waals surface area contributed by atoms with Gasteiger partial charge in [-0.3, -0.25) is 4.79 Å². The van der Waals surface area contributed by atoms with Gasteiger partial charge in [0.2, 0.25) is 0 Å². The molecule has 72 valence electrons. The van der Waals surface area contributed by atoms with Crippen molar-refractivity contribution >= 4 is 17.3 Å². The van der Waals surface area contributed by atoms with Gasteiger partial charge in [0, 0.05) is 5.56 Å². The topological polar surface area (TPSA) is 45.8 Å². The Morgan fingerprint density at radius 3 is 2.86 bits per heavy atom. The van der Waals surface area contributed by atoms with Crippen LogP contribution in [0, 0.1) is 0 Å². The number of carbonyl (C=O) groups excluding carboxylic acids is 1. The summed E-state index contributed by atoms with van der Waals surface area (Å²) in [4.78, 5) is 17.0. The minimum Gasteiger partial charge on any atom is -0.345 e. The van der Waals surface area contributed by atoms with Crippen LogP contribution in [0.15, 0.2) is 18.5 Å². The molecule has 2 rings (SSSR count). The molecule has 1 aromatic heterocycles. The third kappa shape index (κ3) is 1.17. The number of aldehydes is 1. The molecule has 0 saturated heterocycles. The van der Waals surface area contributed by atoms with Crippen LogP contribution in [0.3, 0.4) is 0 Å². The van der Waals surface area contributed by atoms with Gasteiger partial charge >= 0.3 is 0 Å². The number of fused-ring (bicyclic) bond motifs is 1. The highest BCUT2D eigenvalue weighted by Crippen LogP contribution is 2.28. The van der Waals surface area contributed by atoms with Crippen LogP contribution >= 0.6 is 0 Å². The van der Waals surface area contributed by atoms with E-state index in [0.29, 0.717) is 11.8 Å². The quantitative estimate of drug-likeness (QED) is 0.749. The number of imidazole rings is 1. The van der Waals surface area contributed by atoms with Crippen molar-refractivity contribution in [2.75, 3.05) is 0 Å². The van der Waals surface area contributed by atoms with Gasteiger partial charge < -0.3 is 4.98 Å². The Kier molecular flexibility index (Phi) is 1.99. The van der Waals surface area contributed by atoms with Crippen molar-refractivity contribution < 1.29 is 13.6 Å². The maximum atomic E-state index is 12.6. The number of aromatic amines is 1. The van der Waals surface area contributed by atoms with Gasteiger partial charge in [0.05, 0.1) is 22.9 Å². The van der Waals surface area contributed by atoms with Crippen molar-refractivity contribution in [2.24, 2.45) is 0 Å². The van der Waals surface area contributed by atoms with Crippen molar-refractivity contribution in [3.05, 3.63) is 29.6 Å². The van der Waals surface area contributed by atoms with Gasteiger partial charge in [0.25, 0.3) is 6.43 Å². The van der Waals surface area contributed by atoms with Gasteiger partial charge in [-0.15, -0.1) is 0 Å². The number of halogens is 2. The lowest BCUT2D eigenvalue weighted by molar-refractivity contribution is 0.110. The standard InChI is InChI=1S/C9H6F2N2O/c10-9(11)7-5(3-14)1-2-6-8(7)13-4-12-6/h1-4,9H,(H,12,13). The Morgan fingerprint density at radius 2 is 2.21 bits per heavy atom. The van der Waals surface area contributed by atoms with Crippen LogP contribution in [0.2, 0.25) is 0 Å². The van der Waals surface area contributed by atoms with E-state index in [1.165, 1.54) is 12.4 Å². The Bertz CT molecular complexity index is 479. The normalized spacial score (nSPS) is 11.1. The molecule has 0 bridgehead atoms. The molecule has 0 aliphatic rings. The van der Waals surface area contributed by atoms with Crippen LogP contribution < -0.4 is 0 Å².